The van der Waals surface area contributed by atoms with Gasteiger partial charge in [0.2, 0.25) is 0 Å². The van der Waals surface area contributed by atoms with Crippen LogP contribution >= 0.6 is 0 Å². The maximum Gasteiger partial charge on any atom is 0.161 e. The van der Waals surface area contributed by atoms with Crippen LogP contribution < -0.4 is 5.73 Å². The van der Waals surface area contributed by atoms with Crippen LogP contribution in [-0.4, -0.2) is 61.0 Å². The van der Waals surface area contributed by atoms with E-state index >= 15 is 0 Å². The van der Waals surface area contributed by atoms with E-state index in [2.05, 4.69) is 10.0 Å². The molecule has 1 aromatic rings. The Balaban J connectivity index is 1.45. The summed E-state index contributed by atoms with van der Waals surface area (Å²) in [7, 11) is 1.97. The summed E-state index contributed by atoms with van der Waals surface area (Å²) in [6.07, 6.45) is 1.83. The molecule has 2 N–H and O–H groups in total. The Morgan fingerprint density at radius 1 is 1.16 bits per heavy atom. The van der Waals surface area contributed by atoms with E-state index in [4.69, 9.17) is 10.5 Å². The van der Waals surface area contributed by atoms with Gasteiger partial charge >= 0.3 is 0 Å². The first-order valence-electron chi connectivity index (χ1n) is 8.46. The Hall–Kier alpha value is -1.64. The summed E-state index contributed by atoms with van der Waals surface area (Å²) in [4.78, 5) is 2.33. The summed E-state index contributed by atoms with van der Waals surface area (Å²) in [5.74, 6) is -2.73. The first kappa shape index (κ1) is 16.8. The largest absolute Gasteiger partial charge is 0.370 e. The number of likely N-dealkylation sites (N-methyl/N-ethyl adjacent to an activating group) is 1. The number of rotatable bonds is 2. The summed E-state index contributed by atoms with van der Waals surface area (Å²) >= 11 is 0. The van der Waals surface area contributed by atoms with Gasteiger partial charge in [-0.1, -0.05) is 0 Å². The first-order chi connectivity index (χ1) is 11.9. The van der Waals surface area contributed by atoms with E-state index in [-0.39, 0.29) is 11.6 Å². The molecule has 0 amide bonds. The van der Waals surface area contributed by atoms with Crippen LogP contribution in [0.25, 0.3) is 0 Å². The van der Waals surface area contributed by atoms with Crippen molar-refractivity contribution in [1.29, 1.82) is 0 Å². The molecular weight excluding hydrogens is 333 g/mol. The van der Waals surface area contributed by atoms with Crippen LogP contribution in [0.15, 0.2) is 17.2 Å². The van der Waals surface area contributed by atoms with Crippen LogP contribution in [0.5, 0.6) is 0 Å². The van der Waals surface area contributed by atoms with Crippen molar-refractivity contribution in [3.8, 4) is 0 Å². The zero-order chi connectivity index (χ0) is 17.7. The topological polar surface area (TPSA) is 54.1 Å². The molecule has 4 rings (SSSR count). The predicted molar refractivity (Wildman–Crippen MR) is 86.5 cm³/mol. The van der Waals surface area contributed by atoms with Gasteiger partial charge < -0.3 is 10.5 Å². The van der Waals surface area contributed by atoms with Crippen molar-refractivity contribution in [2.75, 3.05) is 26.7 Å². The van der Waals surface area contributed by atoms with Crippen LogP contribution in [0.3, 0.4) is 0 Å². The highest BCUT2D eigenvalue weighted by atomic mass is 19.2. The maximum absolute atomic E-state index is 14.0. The molecule has 3 heterocycles. The van der Waals surface area contributed by atoms with E-state index in [0.717, 1.165) is 19.2 Å². The molecular formula is C17H21F3N4O. The summed E-state index contributed by atoms with van der Waals surface area (Å²) in [6.45, 7) is 2.16. The van der Waals surface area contributed by atoms with E-state index in [9.17, 15) is 13.2 Å². The highest BCUT2D eigenvalue weighted by Gasteiger charge is 2.43. The predicted octanol–water partition coefficient (Wildman–Crippen LogP) is 1.49. The van der Waals surface area contributed by atoms with E-state index < -0.39 is 29.6 Å². The highest BCUT2D eigenvalue weighted by molar-refractivity contribution is 5.64. The summed E-state index contributed by atoms with van der Waals surface area (Å²) in [5, 5.41) is 6.29. The summed E-state index contributed by atoms with van der Waals surface area (Å²) < 4.78 is 46.4. The number of hydrogen-bond acceptors (Lipinski definition) is 5. The molecule has 0 spiro atoms. The average molecular weight is 354 g/mol. The second-order valence-corrected chi connectivity index (χ2v) is 7.12. The van der Waals surface area contributed by atoms with E-state index in [0.29, 0.717) is 31.1 Å². The molecule has 3 aliphatic rings. The van der Waals surface area contributed by atoms with Gasteiger partial charge in [0.1, 0.15) is 11.9 Å². The zero-order valence-corrected chi connectivity index (χ0v) is 13.9. The third-order valence-corrected chi connectivity index (χ3v) is 5.55. The molecule has 0 bridgehead atoms. The molecule has 3 aliphatic heterocycles. The van der Waals surface area contributed by atoms with Crippen molar-refractivity contribution in [3.63, 3.8) is 0 Å². The normalized spacial score (nSPS) is 35.4. The molecule has 136 valence electrons. The van der Waals surface area contributed by atoms with Gasteiger partial charge in [0.15, 0.2) is 11.6 Å². The Morgan fingerprint density at radius 3 is 2.64 bits per heavy atom. The van der Waals surface area contributed by atoms with Gasteiger partial charge in [-0.3, -0.25) is 9.91 Å². The maximum atomic E-state index is 14.0. The second kappa shape index (κ2) is 6.26. The smallest absolute Gasteiger partial charge is 0.161 e. The van der Waals surface area contributed by atoms with Gasteiger partial charge in [0, 0.05) is 56.0 Å². The number of nitrogens with two attached hydrogens (primary N) is 1. The minimum Gasteiger partial charge on any atom is -0.370 e. The summed E-state index contributed by atoms with van der Waals surface area (Å²) in [6, 6.07) is 1.42. The monoisotopic (exact) mass is 354 g/mol. The molecule has 8 heteroatoms. The van der Waals surface area contributed by atoms with Crippen molar-refractivity contribution in [2.45, 2.75) is 30.7 Å². The average Bonchev–Trinajstić information content (AvgIpc) is 3.14. The summed E-state index contributed by atoms with van der Waals surface area (Å²) in [5.41, 5.74) is 6.18. The molecule has 25 heavy (non-hydrogen) atoms. The Bertz CT molecular complexity index is 701. The van der Waals surface area contributed by atoms with Gasteiger partial charge in [-0.05, 0) is 12.5 Å². The number of nitrogens with zero attached hydrogens (tertiary/aromatic N) is 3. The van der Waals surface area contributed by atoms with Gasteiger partial charge in [0.05, 0.1) is 12.6 Å². The lowest BCUT2D eigenvalue weighted by Crippen LogP contribution is -2.49. The van der Waals surface area contributed by atoms with E-state index in [1.54, 1.807) is 0 Å². The molecule has 5 nitrogen and oxygen atoms in total. The lowest BCUT2D eigenvalue weighted by molar-refractivity contribution is -0.0483. The molecule has 1 aromatic carbocycles. The second-order valence-electron chi connectivity index (χ2n) is 7.12. The van der Waals surface area contributed by atoms with Crippen molar-refractivity contribution in [1.82, 2.24) is 9.91 Å². The SMILES string of the molecule is CN1N=CC2CN([C@@H]3CO[C@H](c4cc(F)c(F)cc4F)[C@@H](N)C3)CC21. The Morgan fingerprint density at radius 2 is 1.92 bits per heavy atom. The number of likely N-dealkylation sites (tertiary alicyclic amines) is 1. The van der Waals surface area contributed by atoms with Crippen molar-refractivity contribution in [2.24, 2.45) is 16.8 Å². The number of ether oxygens (including phenoxy) is 1. The molecule has 0 radical (unpaired) electrons. The fraction of sp³-hybridized carbons (Fsp3) is 0.588. The van der Waals surface area contributed by atoms with Gasteiger partial charge in [0.25, 0.3) is 0 Å². The van der Waals surface area contributed by atoms with Gasteiger partial charge in [-0.15, -0.1) is 0 Å². The van der Waals surface area contributed by atoms with Crippen LogP contribution in [-0.2, 0) is 4.74 Å². The zero-order valence-electron chi connectivity index (χ0n) is 13.9. The van der Waals surface area contributed by atoms with Crippen LogP contribution in [0, 0.1) is 23.4 Å². The minimum atomic E-state index is -1.21. The van der Waals surface area contributed by atoms with Crippen LogP contribution in [0.2, 0.25) is 0 Å². The molecule has 2 fully saturated rings. The number of hydrogen-bond donors (Lipinski definition) is 1. The van der Waals surface area contributed by atoms with Crippen LogP contribution in [0.4, 0.5) is 13.2 Å². The van der Waals surface area contributed by atoms with Crippen molar-refractivity contribution >= 4 is 6.21 Å². The number of benzene rings is 1. The van der Waals surface area contributed by atoms with Crippen LogP contribution in [0.1, 0.15) is 18.1 Å². The minimum absolute atomic E-state index is 0.0185. The fourth-order valence-electron chi connectivity index (χ4n) is 4.13. The van der Waals surface area contributed by atoms with Crippen molar-refractivity contribution in [3.05, 3.63) is 35.1 Å². The van der Waals surface area contributed by atoms with Gasteiger partial charge in [-0.2, -0.15) is 5.10 Å². The lowest BCUT2D eigenvalue weighted by Gasteiger charge is -2.39. The van der Waals surface area contributed by atoms with Crippen molar-refractivity contribution < 1.29 is 17.9 Å². The lowest BCUT2D eigenvalue weighted by atomic mass is 9.93. The van der Waals surface area contributed by atoms with E-state index in [1.807, 2.05) is 18.3 Å². The third kappa shape index (κ3) is 2.92. The Labute approximate surface area is 144 Å². The Kier molecular flexibility index (Phi) is 4.21. The van der Waals surface area contributed by atoms with Gasteiger partial charge in [-0.25, -0.2) is 13.2 Å². The molecule has 5 atom stereocenters. The molecule has 0 aliphatic carbocycles. The third-order valence-electron chi connectivity index (χ3n) is 5.55. The quantitative estimate of drug-likeness (QED) is 0.818. The molecule has 2 saturated heterocycles. The number of fused-ring (bicyclic) bond motifs is 1. The highest BCUT2D eigenvalue weighted by Crippen LogP contribution is 2.34. The molecule has 0 aromatic heterocycles. The first-order valence-corrected chi connectivity index (χ1v) is 8.46. The number of hydrazone groups is 1. The molecule has 2 unspecified atom stereocenters. The fourth-order valence-corrected chi connectivity index (χ4v) is 4.13. The number of halogens is 3. The molecule has 0 saturated carbocycles. The van der Waals surface area contributed by atoms with E-state index in [1.165, 1.54) is 0 Å². The standard InChI is InChI=1S/C17H21F3N4O/c1-23-16-7-24(6-9(16)5-22-23)10-2-15(21)17(25-8-10)11-3-13(19)14(20)4-12(11)18/h3-5,9-10,15-17H,2,6-8,21H2,1H3/t9?,10-,15-,16?,17+/m0/s1.